The van der Waals surface area contributed by atoms with Crippen molar-refractivity contribution >= 4 is 28.5 Å². The number of hydrogen-bond acceptors (Lipinski definition) is 1. The highest BCUT2D eigenvalue weighted by Crippen LogP contribution is 2.24. The molecule has 4 heteroatoms. The molecule has 25 heavy (non-hydrogen) atoms. The van der Waals surface area contributed by atoms with E-state index in [9.17, 15) is 9.18 Å². The fourth-order valence-electron chi connectivity index (χ4n) is 2.76. The van der Waals surface area contributed by atoms with Gasteiger partial charge in [-0.2, -0.15) is 0 Å². The van der Waals surface area contributed by atoms with Gasteiger partial charge in [-0.1, -0.05) is 60.7 Å². The van der Waals surface area contributed by atoms with Crippen LogP contribution in [0.15, 0.2) is 78.9 Å². The zero-order valence-corrected chi connectivity index (χ0v) is 15.6. The number of rotatable bonds is 5. The van der Waals surface area contributed by atoms with Crippen LogP contribution in [-0.4, -0.2) is 12.5 Å². The standard InChI is InChI=1S/C21H17FINO/c22-17-11-12-18(20(23)13-17)21(25)24-14-19(15-7-3-1-4-8-15)16-9-5-2-6-10-16/h1-13,19H,14H2,(H,24,25). The van der Waals surface area contributed by atoms with Gasteiger partial charge in [0, 0.05) is 16.0 Å². The third-order valence-electron chi connectivity index (χ3n) is 4.05. The van der Waals surface area contributed by atoms with Crippen molar-refractivity contribution in [2.75, 3.05) is 6.54 Å². The number of benzene rings is 3. The van der Waals surface area contributed by atoms with Gasteiger partial charge >= 0.3 is 0 Å². The summed E-state index contributed by atoms with van der Waals surface area (Å²) in [4.78, 5) is 12.5. The summed E-state index contributed by atoms with van der Waals surface area (Å²) in [5, 5.41) is 2.99. The lowest BCUT2D eigenvalue weighted by Gasteiger charge is -2.19. The van der Waals surface area contributed by atoms with E-state index in [0.29, 0.717) is 15.7 Å². The van der Waals surface area contributed by atoms with E-state index in [1.165, 1.54) is 18.2 Å². The third kappa shape index (κ3) is 4.45. The van der Waals surface area contributed by atoms with Gasteiger partial charge in [0.1, 0.15) is 5.82 Å². The Balaban J connectivity index is 1.80. The van der Waals surface area contributed by atoms with Gasteiger partial charge in [0.15, 0.2) is 0 Å². The van der Waals surface area contributed by atoms with Crippen molar-refractivity contribution < 1.29 is 9.18 Å². The summed E-state index contributed by atoms with van der Waals surface area (Å²) in [6.45, 7) is 0.473. The molecule has 3 aromatic carbocycles. The van der Waals surface area contributed by atoms with Gasteiger partial charge in [-0.05, 0) is 51.9 Å². The Hall–Kier alpha value is -2.21. The van der Waals surface area contributed by atoms with Gasteiger partial charge in [0.25, 0.3) is 5.91 Å². The van der Waals surface area contributed by atoms with E-state index in [0.717, 1.165) is 11.1 Å². The van der Waals surface area contributed by atoms with Gasteiger partial charge in [-0.15, -0.1) is 0 Å². The minimum atomic E-state index is -0.340. The molecule has 126 valence electrons. The predicted molar refractivity (Wildman–Crippen MR) is 106 cm³/mol. The van der Waals surface area contributed by atoms with Gasteiger partial charge in [-0.3, -0.25) is 4.79 Å². The molecular weight excluding hydrogens is 428 g/mol. The van der Waals surface area contributed by atoms with Crippen molar-refractivity contribution in [2.45, 2.75) is 5.92 Å². The Bertz CT molecular complexity index is 813. The average Bonchev–Trinajstić information content (AvgIpc) is 2.63. The number of amides is 1. The van der Waals surface area contributed by atoms with Crippen LogP contribution in [0.5, 0.6) is 0 Å². The lowest BCUT2D eigenvalue weighted by molar-refractivity contribution is 0.0951. The van der Waals surface area contributed by atoms with E-state index in [-0.39, 0.29) is 17.6 Å². The first-order chi connectivity index (χ1) is 12.1. The predicted octanol–water partition coefficient (Wildman–Crippen LogP) is 4.99. The molecule has 0 atom stereocenters. The van der Waals surface area contributed by atoms with E-state index >= 15 is 0 Å². The molecule has 0 aliphatic rings. The van der Waals surface area contributed by atoms with Crippen molar-refractivity contribution in [3.05, 3.63) is 105 Å². The Morgan fingerprint density at radius 2 is 1.48 bits per heavy atom. The van der Waals surface area contributed by atoms with Crippen molar-refractivity contribution in [1.82, 2.24) is 5.32 Å². The minimum Gasteiger partial charge on any atom is -0.351 e. The quantitative estimate of drug-likeness (QED) is 0.551. The number of halogens is 2. The summed E-state index contributed by atoms with van der Waals surface area (Å²) in [5.41, 5.74) is 2.77. The second-order valence-electron chi connectivity index (χ2n) is 5.71. The number of hydrogen-bond donors (Lipinski definition) is 1. The molecule has 0 fully saturated rings. The Morgan fingerprint density at radius 3 is 2.00 bits per heavy atom. The molecule has 0 aromatic heterocycles. The zero-order valence-electron chi connectivity index (χ0n) is 13.5. The molecule has 0 saturated carbocycles. The molecule has 0 aliphatic heterocycles. The fraction of sp³-hybridized carbons (Fsp3) is 0.0952. The normalized spacial score (nSPS) is 10.7. The molecule has 0 spiro atoms. The molecule has 0 heterocycles. The maximum atomic E-state index is 13.2. The molecule has 3 rings (SSSR count). The van der Waals surface area contributed by atoms with E-state index in [1.807, 2.05) is 59.0 Å². The molecule has 0 unspecified atom stereocenters. The van der Waals surface area contributed by atoms with Crippen LogP contribution >= 0.6 is 22.6 Å². The van der Waals surface area contributed by atoms with Crippen molar-refractivity contribution in [1.29, 1.82) is 0 Å². The SMILES string of the molecule is O=C(NCC(c1ccccc1)c1ccccc1)c1ccc(F)cc1I. The highest BCUT2D eigenvalue weighted by molar-refractivity contribution is 14.1. The lowest BCUT2D eigenvalue weighted by Crippen LogP contribution is -2.29. The zero-order chi connectivity index (χ0) is 17.6. The lowest BCUT2D eigenvalue weighted by atomic mass is 9.91. The average molecular weight is 445 g/mol. The summed E-state index contributed by atoms with van der Waals surface area (Å²) in [6, 6.07) is 24.4. The first kappa shape index (κ1) is 17.6. The Labute approximate surface area is 160 Å². The Morgan fingerprint density at radius 1 is 0.920 bits per heavy atom. The minimum absolute atomic E-state index is 0.0597. The van der Waals surface area contributed by atoms with E-state index in [2.05, 4.69) is 29.6 Å². The van der Waals surface area contributed by atoms with Crippen LogP contribution in [0.4, 0.5) is 4.39 Å². The monoisotopic (exact) mass is 445 g/mol. The van der Waals surface area contributed by atoms with Gasteiger partial charge in [0.2, 0.25) is 0 Å². The molecular formula is C21H17FINO. The number of carbonyl (C=O) groups is 1. The van der Waals surface area contributed by atoms with E-state index < -0.39 is 0 Å². The van der Waals surface area contributed by atoms with Crippen LogP contribution in [0.25, 0.3) is 0 Å². The molecule has 1 N–H and O–H groups in total. The van der Waals surface area contributed by atoms with Crippen molar-refractivity contribution in [3.63, 3.8) is 0 Å². The summed E-state index contributed by atoms with van der Waals surface area (Å²) < 4.78 is 13.8. The topological polar surface area (TPSA) is 29.1 Å². The highest BCUT2D eigenvalue weighted by Gasteiger charge is 2.17. The largest absolute Gasteiger partial charge is 0.351 e. The second-order valence-corrected chi connectivity index (χ2v) is 6.87. The summed E-state index contributed by atoms with van der Waals surface area (Å²) in [5.74, 6) is -0.474. The van der Waals surface area contributed by atoms with Gasteiger partial charge < -0.3 is 5.32 Å². The second kappa shape index (κ2) is 8.25. The van der Waals surface area contributed by atoms with Crippen LogP contribution in [0.2, 0.25) is 0 Å². The molecule has 0 bridgehead atoms. The van der Waals surface area contributed by atoms with Crippen LogP contribution in [0.3, 0.4) is 0 Å². The maximum absolute atomic E-state index is 13.2. The molecule has 3 aromatic rings. The van der Waals surface area contributed by atoms with Crippen LogP contribution < -0.4 is 5.32 Å². The first-order valence-corrected chi connectivity index (χ1v) is 9.06. The summed E-state index contributed by atoms with van der Waals surface area (Å²) in [6.07, 6.45) is 0. The Kier molecular flexibility index (Phi) is 5.81. The number of nitrogens with one attached hydrogen (secondary N) is 1. The summed E-state index contributed by atoms with van der Waals surface area (Å²) >= 11 is 1.98. The molecule has 0 saturated heterocycles. The van der Waals surface area contributed by atoms with E-state index in [4.69, 9.17) is 0 Å². The molecule has 2 nitrogen and oxygen atoms in total. The third-order valence-corrected chi connectivity index (χ3v) is 4.94. The van der Waals surface area contributed by atoms with Gasteiger partial charge in [-0.25, -0.2) is 4.39 Å². The molecule has 0 aliphatic carbocycles. The number of carbonyl (C=O) groups excluding carboxylic acids is 1. The van der Waals surface area contributed by atoms with Gasteiger partial charge in [0.05, 0.1) is 5.56 Å². The maximum Gasteiger partial charge on any atom is 0.252 e. The fourth-order valence-corrected chi connectivity index (χ4v) is 3.48. The van der Waals surface area contributed by atoms with Crippen LogP contribution in [0.1, 0.15) is 27.4 Å². The van der Waals surface area contributed by atoms with Crippen molar-refractivity contribution in [2.24, 2.45) is 0 Å². The smallest absolute Gasteiger partial charge is 0.252 e. The highest BCUT2D eigenvalue weighted by atomic mass is 127. The molecule has 0 radical (unpaired) electrons. The van der Waals surface area contributed by atoms with Crippen LogP contribution in [-0.2, 0) is 0 Å². The van der Waals surface area contributed by atoms with E-state index in [1.54, 1.807) is 0 Å². The van der Waals surface area contributed by atoms with Crippen molar-refractivity contribution in [3.8, 4) is 0 Å². The molecule has 1 amide bonds. The first-order valence-electron chi connectivity index (χ1n) is 7.98. The summed E-state index contributed by atoms with van der Waals surface area (Å²) in [7, 11) is 0. The van der Waals surface area contributed by atoms with Crippen LogP contribution in [0, 0.1) is 9.39 Å².